The van der Waals surface area contributed by atoms with Gasteiger partial charge in [0.25, 0.3) is 0 Å². The van der Waals surface area contributed by atoms with E-state index in [0.29, 0.717) is 5.56 Å². The lowest BCUT2D eigenvalue weighted by molar-refractivity contribution is -0.000318. The van der Waals surface area contributed by atoms with Crippen molar-refractivity contribution < 1.29 is 14.3 Å². The Morgan fingerprint density at radius 3 is 2.29 bits per heavy atom. The molecule has 110 valence electrons. The highest BCUT2D eigenvalue weighted by molar-refractivity contribution is 5.89. The Kier molecular flexibility index (Phi) is 3.51. The smallest absolute Gasteiger partial charge is 0.337 e. The number of esters is 1. The zero-order valence-electron chi connectivity index (χ0n) is 12.6. The predicted octanol–water partition coefficient (Wildman–Crippen LogP) is 3.17. The van der Waals surface area contributed by atoms with E-state index < -0.39 is 0 Å². The van der Waals surface area contributed by atoms with Crippen molar-refractivity contribution >= 4 is 5.97 Å². The van der Waals surface area contributed by atoms with Crippen LogP contribution in [-0.2, 0) is 9.47 Å². The van der Waals surface area contributed by atoms with E-state index in [0.717, 1.165) is 37.7 Å². The lowest BCUT2D eigenvalue weighted by Gasteiger charge is -2.24. The maximum absolute atomic E-state index is 11.4. The molecule has 1 aromatic rings. The average Bonchev–Trinajstić information content (AvgIpc) is 3.10. The van der Waals surface area contributed by atoms with Gasteiger partial charge in [-0.1, -0.05) is 11.8 Å². The molecule has 3 rings (SSSR count). The van der Waals surface area contributed by atoms with Crippen LogP contribution in [0.3, 0.4) is 0 Å². The molecule has 2 aliphatic carbocycles. The van der Waals surface area contributed by atoms with Crippen LogP contribution in [0.15, 0.2) is 24.3 Å². The van der Waals surface area contributed by atoms with Crippen molar-refractivity contribution in [1.82, 2.24) is 0 Å². The molecule has 2 bridgehead atoms. The van der Waals surface area contributed by atoms with Crippen molar-refractivity contribution in [2.24, 2.45) is 5.41 Å². The fraction of sp³-hybridized carbons (Fsp3) is 0.500. The van der Waals surface area contributed by atoms with Gasteiger partial charge in [-0.05, 0) is 56.4 Å². The molecule has 2 fully saturated rings. The normalized spacial score (nSPS) is 29.8. The lowest BCUT2D eigenvalue weighted by atomic mass is 9.84. The summed E-state index contributed by atoms with van der Waals surface area (Å²) in [6.07, 6.45) is 5.57. The first-order valence-corrected chi connectivity index (χ1v) is 7.37. The molecule has 0 saturated heterocycles. The minimum Gasteiger partial charge on any atom is -0.465 e. The molecule has 3 heteroatoms. The van der Waals surface area contributed by atoms with Gasteiger partial charge < -0.3 is 9.47 Å². The highest BCUT2D eigenvalue weighted by atomic mass is 16.5. The first-order valence-electron chi connectivity index (χ1n) is 7.37. The summed E-state index contributed by atoms with van der Waals surface area (Å²) in [5, 5.41) is 0. The average molecular weight is 284 g/mol. The Labute approximate surface area is 125 Å². The van der Waals surface area contributed by atoms with Crippen molar-refractivity contribution in [3.8, 4) is 11.8 Å². The van der Waals surface area contributed by atoms with E-state index in [2.05, 4.69) is 11.8 Å². The number of rotatable bonds is 2. The van der Waals surface area contributed by atoms with E-state index in [1.165, 1.54) is 7.11 Å². The Hall–Kier alpha value is -1.79. The summed E-state index contributed by atoms with van der Waals surface area (Å²) in [6.45, 7) is 0. The summed E-state index contributed by atoms with van der Waals surface area (Å²) < 4.78 is 10.4. The number of hydrogen-bond donors (Lipinski definition) is 0. The zero-order valence-corrected chi connectivity index (χ0v) is 12.6. The quantitative estimate of drug-likeness (QED) is 0.618. The van der Waals surface area contributed by atoms with Crippen LogP contribution >= 0.6 is 0 Å². The fourth-order valence-electron chi connectivity index (χ4n) is 3.61. The number of ether oxygens (including phenoxy) is 2. The molecule has 0 aliphatic heterocycles. The van der Waals surface area contributed by atoms with E-state index in [4.69, 9.17) is 9.47 Å². The van der Waals surface area contributed by atoms with Gasteiger partial charge in [0, 0.05) is 18.1 Å². The third-order valence-electron chi connectivity index (χ3n) is 4.99. The van der Waals surface area contributed by atoms with Crippen molar-refractivity contribution in [3.63, 3.8) is 0 Å². The van der Waals surface area contributed by atoms with Gasteiger partial charge in [-0.2, -0.15) is 0 Å². The fourth-order valence-corrected chi connectivity index (χ4v) is 3.61. The number of benzene rings is 1. The Balaban J connectivity index is 1.75. The minimum atomic E-state index is -0.315. The molecule has 2 aliphatic rings. The molecular formula is C18H20O3. The van der Waals surface area contributed by atoms with Crippen molar-refractivity contribution in [3.05, 3.63) is 35.4 Å². The molecule has 21 heavy (non-hydrogen) atoms. The minimum absolute atomic E-state index is 0.0867. The Morgan fingerprint density at radius 1 is 1.10 bits per heavy atom. The molecule has 0 N–H and O–H groups in total. The SMILES string of the molecule is COC(=O)c1ccc(C#CC23CCC(OC)(CC2)C3)cc1. The number of carbonyl (C=O) groups excluding carboxylic acids is 1. The van der Waals surface area contributed by atoms with Crippen LogP contribution in [-0.4, -0.2) is 25.8 Å². The van der Waals surface area contributed by atoms with E-state index in [9.17, 15) is 4.79 Å². The molecule has 0 heterocycles. The van der Waals surface area contributed by atoms with Crippen LogP contribution in [0.5, 0.6) is 0 Å². The first-order chi connectivity index (χ1) is 10.1. The molecule has 0 aromatic heterocycles. The van der Waals surface area contributed by atoms with Crippen LogP contribution < -0.4 is 0 Å². The standard InChI is InChI=1S/C18H20O3/c1-20-16(19)15-5-3-14(4-6-15)7-8-17-9-11-18(13-17,21-2)12-10-17/h3-6H,9-13H2,1-2H3. The van der Waals surface area contributed by atoms with Crippen molar-refractivity contribution in [2.45, 2.75) is 37.7 Å². The van der Waals surface area contributed by atoms with Gasteiger partial charge in [0.05, 0.1) is 18.3 Å². The highest BCUT2D eigenvalue weighted by Crippen LogP contribution is 2.57. The third kappa shape index (κ3) is 2.56. The van der Waals surface area contributed by atoms with Crippen molar-refractivity contribution in [2.75, 3.05) is 14.2 Å². The van der Waals surface area contributed by atoms with E-state index in [1.807, 2.05) is 19.2 Å². The summed E-state index contributed by atoms with van der Waals surface area (Å²) in [5.74, 6) is 6.44. The Morgan fingerprint density at radius 2 is 1.76 bits per heavy atom. The topological polar surface area (TPSA) is 35.5 Å². The van der Waals surface area contributed by atoms with E-state index in [-0.39, 0.29) is 17.0 Å². The van der Waals surface area contributed by atoms with Gasteiger partial charge in [0.15, 0.2) is 0 Å². The van der Waals surface area contributed by atoms with Gasteiger partial charge >= 0.3 is 5.97 Å². The second-order valence-corrected chi connectivity index (χ2v) is 6.16. The number of carbonyl (C=O) groups is 1. The van der Waals surface area contributed by atoms with Gasteiger partial charge in [-0.3, -0.25) is 0 Å². The highest BCUT2D eigenvalue weighted by Gasteiger charge is 2.53. The predicted molar refractivity (Wildman–Crippen MR) is 79.9 cm³/mol. The lowest BCUT2D eigenvalue weighted by Crippen LogP contribution is -2.24. The molecule has 0 unspecified atom stereocenters. The third-order valence-corrected chi connectivity index (χ3v) is 4.99. The summed E-state index contributed by atoms with van der Waals surface area (Å²) in [5.41, 5.74) is 1.72. The van der Waals surface area contributed by atoms with Crippen LogP contribution in [0.2, 0.25) is 0 Å². The maximum atomic E-state index is 11.4. The van der Waals surface area contributed by atoms with E-state index >= 15 is 0 Å². The van der Waals surface area contributed by atoms with Crippen LogP contribution in [0.1, 0.15) is 48.0 Å². The summed E-state index contributed by atoms with van der Waals surface area (Å²) in [6, 6.07) is 7.28. The maximum Gasteiger partial charge on any atom is 0.337 e. The Bertz CT molecular complexity index is 596. The second kappa shape index (κ2) is 5.20. The first kappa shape index (κ1) is 14.2. The second-order valence-electron chi connectivity index (χ2n) is 6.16. The molecule has 2 saturated carbocycles. The number of fused-ring (bicyclic) bond motifs is 2. The number of methoxy groups -OCH3 is 2. The molecule has 1 aromatic carbocycles. The largest absolute Gasteiger partial charge is 0.465 e. The zero-order chi connectivity index (χ0) is 14.9. The number of hydrogen-bond acceptors (Lipinski definition) is 3. The van der Waals surface area contributed by atoms with Gasteiger partial charge in [0.2, 0.25) is 0 Å². The van der Waals surface area contributed by atoms with Crippen LogP contribution in [0.25, 0.3) is 0 Å². The van der Waals surface area contributed by atoms with Crippen LogP contribution in [0.4, 0.5) is 0 Å². The monoisotopic (exact) mass is 284 g/mol. The molecule has 0 spiro atoms. The van der Waals surface area contributed by atoms with E-state index in [1.54, 1.807) is 12.1 Å². The van der Waals surface area contributed by atoms with Gasteiger partial charge in [-0.25, -0.2) is 4.79 Å². The van der Waals surface area contributed by atoms with Gasteiger partial charge in [0.1, 0.15) is 0 Å². The summed E-state index contributed by atoms with van der Waals surface area (Å²) in [4.78, 5) is 11.4. The molecular weight excluding hydrogens is 264 g/mol. The summed E-state index contributed by atoms with van der Waals surface area (Å²) in [7, 11) is 3.21. The summed E-state index contributed by atoms with van der Waals surface area (Å²) >= 11 is 0. The molecule has 0 radical (unpaired) electrons. The van der Waals surface area contributed by atoms with Crippen LogP contribution in [0, 0.1) is 17.3 Å². The van der Waals surface area contributed by atoms with Gasteiger partial charge in [-0.15, -0.1) is 0 Å². The molecule has 0 amide bonds. The molecule has 0 atom stereocenters. The molecule has 3 nitrogen and oxygen atoms in total. The van der Waals surface area contributed by atoms with Crippen molar-refractivity contribution in [1.29, 1.82) is 0 Å².